The van der Waals surface area contributed by atoms with Crippen molar-refractivity contribution < 1.29 is 12.6 Å². The van der Waals surface area contributed by atoms with Gasteiger partial charge in [-0.25, -0.2) is 0 Å². The van der Waals surface area contributed by atoms with Crippen molar-refractivity contribution in [1.82, 2.24) is 0 Å². The molecule has 0 spiro atoms. The van der Waals surface area contributed by atoms with Gasteiger partial charge in [0.25, 0.3) is 0 Å². The van der Waals surface area contributed by atoms with Crippen LogP contribution in [0.15, 0.2) is 83.8 Å². The fourth-order valence-electron chi connectivity index (χ4n) is 2.27. The van der Waals surface area contributed by atoms with Crippen LogP contribution >= 0.6 is 0 Å². The smallest absolute Gasteiger partial charge is 0.339 e. The molecule has 3 rings (SSSR count). The lowest BCUT2D eigenvalue weighted by atomic mass is 10.1. The molecule has 0 aliphatic rings. The van der Waals surface area contributed by atoms with Crippen LogP contribution in [0.3, 0.4) is 0 Å². The highest BCUT2D eigenvalue weighted by atomic mass is 32.2. The van der Waals surface area contributed by atoms with Gasteiger partial charge in [-0.3, -0.25) is 0 Å². The molecule has 0 atom stereocenters. The summed E-state index contributed by atoms with van der Waals surface area (Å²) in [5, 5.41) is 0. The molecule has 3 nitrogen and oxygen atoms in total. The van der Waals surface area contributed by atoms with Gasteiger partial charge in [-0.2, -0.15) is 8.42 Å². The zero-order chi connectivity index (χ0) is 16.3. The van der Waals surface area contributed by atoms with Crippen LogP contribution in [0.1, 0.15) is 5.56 Å². The molecular weight excluding hydrogens is 308 g/mol. The predicted molar refractivity (Wildman–Crippen MR) is 90.9 cm³/mol. The highest BCUT2D eigenvalue weighted by molar-refractivity contribution is 7.87. The average molecular weight is 324 g/mol. The number of para-hydroxylation sites is 1. The Morgan fingerprint density at radius 2 is 1.35 bits per heavy atom. The van der Waals surface area contributed by atoms with Crippen molar-refractivity contribution in [2.24, 2.45) is 0 Å². The Morgan fingerprint density at radius 3 is 2.04 bits per heavy atom. The molecule has 0 saturated carbocycles. The predicted octanol–water partition coefficient (Wildman–Crippen LogP) is 4.43. The lowest BCUT2D eigenvalue weighted by Crippen LogP contribution is -2.10. The van der Waals surface area contributed by atoms with Crippen LogP contribution in [-0.4, -0.2) is 8.42 Å². The van der Waals surface area contributed by atoms with Crippen LogP contribution in [0.2, 0.25) is 0 Å². The second-order valence-electron chi connectivity index (χ2n) is 5.21. The van der Waals surface area contributed by atoms with Crippen molar-refractivity contribution in [3.63, 3.8) is 0 Å². The summed E-state index contributed by atoms with van der Waals surface area (Å²) in [6.07, 6.45) is 0. The molecule has 0 heterocycles. The Morgan fingerprint density at radius 1 is 0.739 bits per heavy atom. The summed E-state index contributed by atoms with van der Waals surface area (Å²) >= 11 is 0. The second-order valence-corrected chi connectivity index (χ2v) is 6.76. The van der Waals surface area contributed by atoms with Crippen LogP contribution in [0.5, 0.6) is 5.75 Å². The molecule has 0 bridgehead atoms. The van der Waals surface area contributed by atoms with Gasteiger partial charge >= 0.3 is 10.1 Å². The largest absolute Gasteiger partial charge is 0.378 e. The molecule has 0 aromatic heterocycles. The topological polar surface area (TPSA) is 43.4 Å². The standard InChI is InChI=1S/C19H16O3S/c1-15-11-13-17(14-12-15)23(20,21)22-19-10-6-5-9-18(19)16-7-3-2-4-8-16/h2-14H,1H3. The molecule has 0 unspecified atom stereocenters. The van der Waals surface area contributed by atoms with E-state index in [9.17, 15) is 8.42 Å². The van der Waals surface area contributed by atoms with Crippen molar-refractivity contribution >= 4 is 10.1 Å². The molecule has 0 aliphatic carbocycles. The first kappa shape index (κ1) is 15.3. The fourth-order valence-corrected chi connectivity index (χ4v) is 3.21. The third-order valence-corrected chi connectivity index (χ3v) is 4.73. The Balaban J connectivity index is 1.99. The van der Waals surface area contributed by atoms with E-state index in [1.54, 1.807) is 36.4 Å². The number of aryl methyl sites for hydroxylation is 1. The first-order valence-corrected chi connectivity index (χ1v) is 8.63. The van der Waals surface area contributed by atoms with Crippen LogP contribution in [0, 0.1) is 6.92 Å². The van der Waals surface area contributed by atoms with Gasteiger partial charge in [0, 0.05) is 5.56 Å². The Labute approximate surface area is 136 Å². The number of hydrogen-bond donors (Lipinski definition) is 0. The summed E-state index contributed by atoms with van der Waals surface area (Å²) in [7, 11) is -3.86. The highest BCUT2D eigenvalue weighted by Gasteiger charge is 2.18. The monoisotopic (exact) mass is 324 g/mol. The van der Waals surface area contributed by atoms with E-state index in [1.807, 2.05) is 49.4 Å². The van der Waals surface area contributed by atoms with Crippen LogP contribution in [-0.2, 0) is 10.1 Å². The Bertz CT molecular complexity index is 899. The molecule has 0 amide bonds. The lowest BCUT2D eigenvalue weighted by molar-refractivity contribution is 0.487. The van der Waals surface area contributed by atoms with Gasteiger partial charge in [-0.1, -0.05) is 66.2 Å². The van der Waals surface area contributed by atoms with Gasteiger partial charge in [0.05, 0.1) is 0 Å². The third kappa shape index (κ3) is 3.43. The van der Waals surface area contributed by atoms with Crippen LogP contribution < -0.4 is 4.18 Å². The SMILES string of the molecule is Cc1ccc(S(=O)(=O)Oc2ccccc2-c2ccccc2)cc1. The zero-order valence-electron chi connectivity index (χ0n) is 12.6. The van der Waals surface area contributed by atoms with Crippen molar-refractivity contribution in [3.8, 4) is 16.9 Å². The Hall–Kier alpha value is -2.59. The van der Waals surface area contributed by atoms with Crippen LogP contribution in [0.4, 0.5) is 0 Å². The van der Waals surface area contributed by atoms with E-state index in [-0.39, 0.29) is 4.90 Å². The van der Waals surface area contributed by atoms with Gasteiger partial charge < -0.3 is 4.18 Å². The number of benzene rings is 3. The molecule has 0 fully saturated rings. The summed E-state index contributed by atoms with van der Waals surface area (Å²) in [5.74, 6) is 0.319. The van der Waals surface area contributed by atoms with Crippen molar-refractivity contribution in [1.29, 1.82) is 0 Å². The van der Waals surface area contributed by atoms with E-state index < -0.39 is 10.1 Å². The van der Waals surface area contributed by atoms with Crippen LogP contribution in [0.25, 0.3) is 11.1 Å². The van der Waals surface area contributed by atoms with Gasteiger partial charge in [0.2, 0.25) is 0 Å². The van der Waals surface area contributed by atoms with Gasteiger partial charge in [-0.05, 0) is 30.7 Å². The molecule has 3 aromatic rings. The quantitative estimate of drug-likeness (QED) is 0.667. The second kappa shape index (κ2) is 6.26. The van der Waals surface area contributed by atoms with Gasteiger partial charge in [0.15, 0.2) is 5.75 Å². The minimum atomic E-state index is -3.86. The highest BCUT2D eigenvalue weighted by Crippen LogP contribution is 2.31. The minimum Gasteiger partial charge on any atom is -0.378 e. The normalized spacial score (nSPS) is 11.2. The summed E-state index contributed by atoms with van der Waals surface area (Å²) in [6, 6.07) is 23.3. The average Bonchev–Trinajstić information content (AvgIpc) is 2.56. The first-order valence-electron chi connectivity index (χ1n) is 7.22. The van der Waals surface area contributed by atoms with Crippen molar-refractivity contribution in [2.75, 3.05) is 0 Å². The van der Waals surface area contributed by atoms with E-state index in [4.69, 9.17) is 4.18 Å². The molecule has 3 aromatic carbocycles. The molecule has 116 valence electrons. The van der Waals surface area contributed by atoms with E-state index in [0.717, 1.165) is 16.7 Å². The zero-order valence-corrected chi connectivity index (χ0v) is 13.5. The maximum Gasteiger partial charge on any atom is 0.339 e. The summed E-state index contributed by atoms with van der Waals surface area (Å²) in [4.78, 5) is 0.144. The van der Waals surface area contributed by atoms with E-state index in [0.29, 0.717) is 5.75 Å². The van der Waals surface area contributed by atoms with Crippen molar-refractivity contribution in [2.45, 2.75) is 11.8 Å². The van der Waals surface area contributed by atoms with E-state index in [1.165, 1.54) is 0 Å². The number of hydrogen-bond acceptors (Lipinski definition) is 3. The minimum absolute atomic E-state index is 0.144. The van der Waals surface area contributed by atoms with Gasteiger partial charge in [0.1, 0.15) is 4.90 Å². The summed E-state index contributed by atoms with van der Waals surface area (Å²) in [5.41, 5.74) is 2.64. The fraction of sp³-hybridized carbons (Fsp3) is 0.0526. The molecule has 0 saturated heterocycles. The third-order valence-electron chi connectivity index (χ3n) is 3.48. The summed E-state index contributed by atoms with van der Waals surface area (Å²) < 4.78 is 30.3. The number of rotatable bonds is 4. The molecule has 4 heteroatoms. The van der Waals surface area contributed by atoms with Crippen molar-refractivity contribution in [3.05, 3.63) is 84.4 Å². The van der Waals surface area contributed by atoms with E-state index >= 15 is 0 Å². The molecule has 0 aliphatic heterocycles. The molecule has 23 heavy (non-hydrogen) atoms. The van der Waals surface area contributed by atoms with Gasteiger partial charge in [-0.15, -0.1) is 0 Å². The molecular formula is C19H16O3S. The Kier molecular flexibility index (Phi) is 4.17. The maximum absolute atomic E-state index is 12.5. The van der Waals surface area contributed by atoms with E-state index in [2.05, 4.69) is 0 Å². The molecule has 0 radical (unpaired) electrons. The molecule has 0 N–H and O–H groups in total. The maximum atomic E-state index is 12.5. The summed E-state index contributed by atoms with van der Waals surface area (Å²) in [6.45, 7) is 1.90. The first-order chi connectivity index (χ1) is 11.1. The lowest BCUT2D eigenvalue weighted by Gasteiger charge is -2.11.